The summed E-state index contributed by atoms with van der Waals surface area (Å²) >= 11 is 0. The lowest BCUT2D eigenvalue weighted by Crippen LogP contribution is -2.55. The molecule has 0 saturated carbocycles. The van der Waals surface area contributed by atoms with Crippen LogP contribution < -0.4 is 4.74 Å². The third-order valence-corrected chi connectivity index (χ3v) is 7.13. The van der Waals surface area contributed by atoms with Gasteiger partial charge in [0.1, 0.15) is 11.4 Å². The highest BCUT2D eigenvalue weighted by atomic mass is 32.2. The average molecular weight is 486 g/mol. The Bertz CT molecular complexity index is 1260. The predicted octanol–water partition coefficient (Wildman–Crippen LogP) is 3.43. The minimum atomic E-state index is -5.73. The Hall–Kier alpha value is -3.35. The summed E-state index contributed by atoms with van der Waals surface area (Å²) in [5, 5.41) is 10.2. The van der Waals surface area contributed by atoms with Crippen molar-refractivity contribution in [3.63, 3.8) is 0 Å². The van der Waals surface area contributed by atoms with Crippen LogP contribution in [-0.4, -0.2) is 41.5 Å². The van der Waals surface area contributed by atoms with Crippen molar-refractivity contribution in [3.05, 3.63) is 69.3 Å². The van der Waals surface area contributed by atoms with Crippen LogP contribution >= 0.6 is 0 Å². The highest BCUT2D eigenvalue weighted by Gasteiger charge is 2.53. The number of ether oxygens (including phenoxy) is 1. The third kappa shape index (κ3) is 3.65. The van der Waals surface area contributed by atoms with Crippen molar-refractivity contribution in [2.45, 2.75) is 48.5 Å². The van der Waals surface area contributed by atoms with Crippen LogP contribution in [0, 0.1) is 10.1 Å². The Morgan fingerprint density at radius 3 is 2.48 bits per heavy atom. The molecule has 2 atom stereocenters. The normalized spacial score (nSPS) is 21.7. The Labute approximate surface area is 185 Å². The molecule has 0 aliphatic carbocycles. The number of fused-ring (bicyclic) bond motifs is 2. The Kier molecular flexibility index (Phi) is 5.07. The molecule has 0 N–H and O–H groups in total. The van der Waals surface area contributed by atoms with Crippen LogP contribution in [0.3, 0.4) is 0 Å². The van der Waals surface area contributed by atoms with E-state index in [9.17, 15) is 36.5 Å². The first-order valence-electron chi connectivity index (χ1n) is 9.58. The summed E-state index contributed by atoms with van der Waals surface area (Å²) in [5.41, 5.74) is -6.19. The van der Waals surface area contributed by atoms with Crippen LogP contribution in [-0.2, 0) is 21.2 Å². The fraction of sp³-hybridized carbons (Fsp3) is 0.350. The summed E-state index contributed by atoms with van der Waals surface area (Å²) < 4.78 is 69.3. The van der Waals surface area contributed by atoms with Gasteiger partial charge in [-0.3, -0.25) is 4.79 Å². The summed E-state index contributed by atoms with van der Waals surface area (Å²) in [6, 6.07) is 7.74. The molecule has 1 amide bonds. The second-order valence-electron chi connectivity index (χ2n) is 8.14. The molecule has 0 unspecified atom stereocenters. The smallest absolute Gasteiger partial charge is 0.485 e. The second kappa shape index (κ2) is 7.33. The zero-order valence-electron chi connectivity index (χ0n) is 17.2. The molecule has 2 aromatic carbocycles. The molecule has 0 radical (unpaired) electrons. The van der Waals surface area contributed by atoms with Crippen LogP contribution in [0.1, 0.15) is 41.4 Å². The minimum absolute atomic E-state index is 0.0109. The van der Waals surface area contributed by atoms with Gasteiger partial charge in [-0.1, -0.05) is 18.2 Å². The summed E-state index contributed by atoms with van der Waals surface area (Å²) in [6.07, 6.45) is -1.47. The molecule has 13 heteroatoms. The predicted molar refractivity (Wildman–Crippen MR) is 105 cm³/mol. The zero-order chi connectivity index (χ0) is 24.3. The molecule has 2 heterocycles. The van der Waals surface area contributed by atoms with E-state index in [1.807, 2.05) is 0 Å². The van der Waals surface area contributed by atoms with Crippen LogP contribution in [0.2, 0.25) is 0 Å². The number of hydrogen-bond donors (Lipinski definition) is 0. The van der Waals surface area contributed by atoms with Crippen molar-refractivity contribution in [3.8, 4) is 5.75 Å². The number of halogens is 3. The van der Waals surface area contributed by atoms with E-state index in [0.717, 1.165) is 18.2 Å². The number of carbonyl (C=O) groups excluding carboxylic acids is 1. The van der Waals surface area contributed by atoms with Crippen molar-refractivity contribution < 1.29 is 41.0 Å². The van der Waals surface area contributed by atoms with Crippen LogP contribution in [0.4, 0.5) is 13.2 Å². The molecule has 0 saturated heterocycles. The lowest BCUT2D eigenvalue weighted by Gasteiger charge is -2.46. The SMILES string of the molecule is CC1(C)Oc2ccc(S(=O)(=O)C(F)(F)F)cc2[C@@H](N2Cc3ccccc3C2=O)[C@@H]1O[N+](=O)[O-]. The molecule has 0 fully saturated rings. The van der Waals surface area contributed by atoms with E-state index >= 15 is 0 Å². The molecule has 0 spiro atoms. The number of rotatable bonds is 4. The number of amides is 1. The summed E-state index contributed by atoms with van der Waals surface area (Å²) in [6.45, 7) is 2.92. The van der Waals surface area contributed by atoms with Crippen LogP contribution in [0.5, 0.6) is 5.75 Å². The van der Waals surface area contributed by atoms with E-state index in [2.05, 4.69) is 0 Å². The maximum atomic E-state index is 13.2. The summed E-state index contributed by atoms with van der Waals surface area (Å²) in [5.74, 6) is -0.543. The van der Waals surface area contributed by atoms with Gasteiger partial charge in [0.2, 0.25) is 0 Å². The van der Waals surface area contributed by atoms with E-state index in [0.29, 0.717) is 11.1 Å². The molecule has 176 valence electrons. The maximum Gasteiger partial charge on any atom is 0.501 e. The molecule has 2 aliphatic heterocycles. The molecule has 0 aromatic heterocycles. The van der Waals surface area contributed by atoms with Crippen LogP contribution in [0.15, 0.2) is 47.4 Å². The lowest BCUT2D eigenvalue weighted by molar-refractivity contribution is -0.774. The van der Waals surface area contributed by atoms with Gasteiger partial charge in [-0.25, -0.2) is 8.42 Å². The van der Waals surface area contributed by atoms with Gasteiger partial charge in [0.05, 0.1) is 10.9 Å². The van der Waals surface area contributed by atoms with Gasteiger partial charge in [-0.15, -0.1) is 10.1 Å². The quantitative estimate of drug-likeness (QED) is 0.480. The summed E-state index contributed by atoms with van der Waals surface area (Å²) in [4.78, 5) is 29.4. The molecule has 2 aromatic rings. The molecule has 2 aliphatic rings. The Morgan fingerprint density at radius 1 is 1.21 bits per heavy atom. The van der Waals surface area contributed by atoms with E-state index in [1.54, 1.807) is 24.3 Å². The maximum absolute atomic E-state index is 13.2. The van der Waals surface area contributed by atoms with Crippen molar-refractivity contribution >= 4 is 15.7 Å². The largest absolute Gasteiger partial charge is 0.501 e. The van der Waals surface area contributed by atoms with E-state index in [-0.39, 0.29) is 17.9 Å². The topological polar surface area (TPSA) is 116 Å². The first-order valence-corrected chi connectivity index (χ1v) is 11.1. The third-order valence-electron chi connectivity index (χ3n) is 5.64. The lowest BCUT2D eigenvalue weighted by atomic mass is 9.85. The first-order chi connectivity index (χ1) is 15.2. The molecular formula is C20H17F3N2O7S. The van der Waals surface area contributed by atoms with Gasteiger partial charge in [0.15, 0.2) is 6.10 Å². The molecule has 0 bridgehead atoms. The van der Waals surface area contributed by atoms with Gasteiger partial charge in [-0.05, 0) is 43.7 Å². The molecule has 33 heavy (non-hydrogen) atoms. The van der Waals surface area contributed by atoms with Gasteiger partial charge in [0.25, 0.3) is 20.8 Å². The molecular weight excluding hydrogens is 469 g/mol. The number of nitrogens with zero attached hydrogens (tertiary/aromatic N) is 2. The number of hydrogen-bond acceptors (Lipinski definition) is 7. The standard InChI is InChI=1S/C20H17F3N2O7S/c1-19(2)17(32-25(27)28)16(24-10-11-5-3-4-6-13(11)18(24)26)14-9-12(7-8-15(14)31-19)33(29,30)20(21,22)23/h3-9,16-17H,10H2,1-2H3/t16-,17+/m1/s1. The monoisotopic (exact) mass is 486 g/mol. The molecule has 9 nitrogen and oxygen atoms in total. The zero-order valence-corrected chi connectivity index (χ0v) is 18.0. The second-order valence-corrected chi connectivity index (χ2v) is 10.1. The van der Waals surface area contributed by atoms with Gasteiger partial charge < -0.3 is 14.5 Å². The molecule has 4 rings (SSSR count). The fourth-order valence-electron chi connectivity index (χ4n) is 4.15. The Morgan fingerprint density at radius 2 is 1.88 bits per heavy atom. The number of alkyl halides is 3. The number of benzene rings is 2. The Balaban J connectivity index is 1.91. The van der Waals surface area contributed by atoms with Crippen molar-refractivity contribution in [1.29, 1.82) is 0 Å². The van der Waals surface area contributed by atoms with E-state index < -0.39 is 49.0 Å². The fourth-order valence-corrected chi connectivity index (χ4v) is 4.94. The van der Waals surface area contributed by atoms with Gasteiger partial charge >= 0.3 is 5.51 Å². The number of carbonyl (C=O) groups is 1. The highest BCUT2D eigenvalue weighted by molar-refractivity contribution is 7.92. The first kappa shape index (κ1) is 22.8. The van der Waals surface area contributed by atoms with Gasteiger partial charge in [0, 0.05) is 17.7 Å². The van der Waals surface area contributed by atoms with Crippen LogP contribution in [0.25, 0.3) is 0 Å². The van der Waals surface area contributed by atoms with Crippen molar-refractivity contribution in [1.82, 2.24) is 4.90 Å². The van der Waals surface area contributed by atoms with Crippen molar-refractivity contribution in [2.75, 3.05) is 0 Å². The minimum Gasteiger partial charge on any atom is -0.485 e. The van der Waals surface area contributed by atoms with E-state index in [1.165, 1.54) is 18.7 Å². The number of sulfone groups is 1. The van der Waals surface area contributed by atoms with E-state index in [4.69, 9.17) is 9.57 Å². The summed E-state index contributed by atoms with van der Waals surface area (Å²) in [7, 11) is -5.73. The van der Waals surface area contributed by atoms with Crippen molar-refractivity contribution in [2.24, 2.45) is 0 Å². The average Bonchev–Trinajstić information content (AvgIpc) is 3.03. The van der Waals surface area contributed by atoms with Gasteiger partial charge in [-0.2, -0.15) is 13.2 Å². The highest BCUT2D eigenvalue weighted by Crippen LogP contribution is 2.48.